The average molecular weight is 1140 g/mol. The van der Waals surface area contributed by atoms with Crippen LogP contribution >= 0.6 is 15.6 Å². The van der Waals surface area contributed by atoms with Crippen molar-refractivity contribution in [2.45, 2.75) is 165 Å². The zero-order valence-corrected chi connectivity index (χ0v) is 46.2. The standard InChI is InChI=1S/C17H25N6O7P.C17H31N3O.C13H18N5O7P/c1-17(2)29-12-10(7-27-31(24,25)22-3-5-26-6-4-22)28-16(13(12)30-17)23-9-21-11-14(18)19-8-20-15(11)23;1-3-7-15(8-4-1)18-17(20-11-13-21-14-12-20)19-16-9-5-2-6-10-16;1-13(2)24-8-6(3-22-26(19,20)21)23-12(9(8)25-13)18-5-17-7-10(14)15-4-16-11(7)18/h8-10,12-13,16H,3-7H2,1-2H3,(H,24,25)(H2,18,19,20);15-16H,1-14H2,(H,18,19);4-6,8-9,12H,3H2,1-2H3,(H2,14,15,16)(H2,19,20,21)/t10-,12+,13?,16-;;6-,8+,9?,12-/m1.1/s1. The van der Waals surface area contributed by atoms with Crippen LogP contribution in [-0.2, 0) is 56.1 Å². The highest BCUT2D eigenvalue weighted by Gasteiger charge is 2.58. The molecule has 4 aromatic rings. The summed E-state index contributed by atoms with van der Waals surface area (Å²) in [6.07, 6.45) is 14.3. The first kappa shape index (κ1) is 57.1. The maximum Gasteiger partial charge on any atom is 0.469 e. The van der Waals surface area contributed by atoms with Gasteiger partial charge in [-0.15, -0.1) is 0 Å². The Labute approximate surface area is 451 Å². The molecule has 31 heteroatoms. The third-order valence-electron chi connectivity index (χ3n) is 14.9. The van der Waals surface area contributed by atoms with Crippen LogP contribution in [0.1, 0.15) is 104 Å². The summed E-state index contributed by atoms with van der Waals surface area (Å²) in [7, 11) is -8.64. The Hall–Kier alpha value is -4.13. The average Bonchev–Trinajstić information content (AvgIpc) is 4.44. The minimum absolute atomic E-state index is 0.147. The van der Waals surface area contributed by atoms with E-state index < -0.39 is 76.2 Å². The van der Waals surface area contributed by atoms with Gasteiger partial charge in [-0.05, 0) is 53.4 Å². The summed E-state index contributed by atoms with van der Waals surface area (Å²) in [5, 5.41) is 3.79. The number of nitrogen functional groups attached to an aromatic ring is 2. The number of fused-ring (bicyclic) bond motifs is 4. The Morgan fingerprint density at radius 3 is 1.62 bits per heavy atom. The molecule has 8 N–H and O–H groups in total. The number of hydrogen-bond donors (Lipinski definition) is 6. The predicted molar refractivity (Wildman–Crippen MR) is 278 cm³/mol. The van der Waals surface area contributed by atoms with Crippen LogP contribution < -0.4 is 16.8 Å². The van der Waals surface area contributed by atoms with Crippen molar-refractivity contribution in [1.29, 1.82) is 0 Å². The number of imidazole rings is 2. The molecule has 0 bridgehead atoms. The third-order valence-corrected chi connectivity index (χ3v) is 16.9. The minimum atomic E-state index is -4.64. The molecule has 6 saturated heterocycles. The Kier molecular flexibility index (Phi) is 17.7. The van der Waals surface area contributed by atoms with Crippen molar-refractivity contribution in [2.24, 2.45) is 4.99 Å². The largest absolute Gasteiger partial charge is 0.469 e. The number of rotatable bonds is 11. The number of nitrogens with two attached hydrogens (primary N) is 2. The number of nitrogens with zero attached hydrogens (tertiary/aromatic N) is 11. The van der Waals surface area contributed by atoms with Crippen LogP contribution in [0.25, 0.3) is 22.3 Å². The first-order chi connectivity index (χ1) is 37.3. The summed E-state index contributed by atoms with van der Waals surface area (Å²) in [6.45, 7) is 11.7. The van der Waals surface area contributed by atoms with Crippen LogP contribution in [-0.4, -0.2) is 195 Å². The van der Waals surface area contributed by atoms with Crippen LogP contribution in [0.4, 0.5) is 11.6 Å². The molecule has 4 aromatic heterocycles. The normalized spacial score (nSPS) is 30.6. The second-order valence-electron chi connectivity index (χ2n) is 21.4. The predicted octanol–water partition coefficient (Wildman–Crippen LogP) is 3.14. The van der Waals surface area contributed by atoms with Crippen molar-refractivity contribution in [1.82, 2.24) is 53.9 Å². The number of guanidine groups is 1. The van der Waals surface area contributed by atoms with Gasteiger partial charge in [-0.1, -0.05) is 38.5 Å². The molecular weight excluding hydrogens is 1060 g/mol. The van der Waals surface area contributed by atoms with E-state index >= 15 is 0 Å². The molecule has 10 heterocycles. The number of ether oxygens (including phenoxy) is 8. The maximum absolute atomic E-state index is 12.7. The number of nitrogens with one attached hydrogen (secondary N) is 1. The lowest BCUT2D eigenvalue weighted by Gasteiger charge is -2.34. The lowest BCUT2D eigenvalue weighted by atomic mass is 9.95. The van der Waals surface area contributed by atoms with E-state index in [1.165, 1.54) is 93.8 Å². The molecule has 3 unspecified atom stereocenters. The monoisotopic (exact) mass is 1140 g/mol. The van der Waals surface area contributed by atoms with E-state index in [4.69, 9.17) is 68.7 Å². The van der Waals surface area contributed by atoms with Gasteiger partial charge < -0.3 is 74.3 Å². The number of anilines is 2. The lowest BCUT2D eigenvalue weighted by molar-refractivity contribution is -0.199. The van der Waals surface area contributed by atoms with Crippen LogP contribution in [0.15, 0.2) is 30.3 Å². The number of aromatic nitrogens is 8. The molecule has 432 valence electrons. The lowest BCUT2D eigenvalue weighted by Crippen LogP contribution is -2.51. The van der Waals surface area contributed by atoms with Crippen LogP contribution in [0.5, 0.6) is 0 Å². The molecular formula is C47H74N14O15P2. The molecule has 0 spiro atoms. The van der Waals surface area contributed by atoms with Crippen molar-refractivity contribution >= 4 is 55.5 Å². The first-order valence-electron chi connectivity index (χ1n) is 26.9. The molecule has 0 amide bonds. The van der Waals surface area contributed by atoms with Crippen LogP contribution in [0, 0.1) is 0 Å². The Morgan fingerprint density at radius 2 is 1.12 bits per heavy atom. The van der Waals surface area contributed by atoms with E-state index in [-0.39, 0.29) is 24.8 Å². The molecule has 0 aromatic carbocycles. The second kappa shape index (κ2) is 24.1. The van der Waals surface area contributed by atoms with Gasteiger partial charge in [-0.2, -0.15) is 0 Å². The fraction of sp³-hybridized carbons (Fsp3) is 0.766. The molecule has 2 aliphatic carbocycles. The van der Waals surface area contributed by atoms with Gasteiger partial charge >= 0.3 is 15.6 Å². The van der Waals surface area contributed by atoms with Gasteiger partial charge in [0.25, 0.3) is 0 Å². The molecule has 8 fully saturated rings. The number of phosphoric ester groups is 1. The van der Waals surface area contributed by atoms with Crippen molar-refractivity contribution in [2.75, 3.05) is 77.3 Å². The van der Waals surface area contributed by atoms with E-state index in [0.29, 0.717) is 60.7 Å². The van der Waals surface area contributed by atoms with Gasteiger partial charge in [-0.3, -0.25) is 18.2 Å². The van der Waals surface area contributed by atoms with E-state index in [9.17, 15) is 14.0 Å². The highest BCUT2D eigenvalue weighted by molar-refractivity contribution is 7.50. The Balaban J connectivity index is 0.000000135. The highest BCUT2D eigenvalue weighted by Crippen LogP contribution is 2.50. The van der Waals surface area contributed by atoms with E-state index in [2.05, 4.69) is 44.6 Å². The minimum Gasteiger partial charge on any atom is -0.382 e. The molecule has 29 nitrogen and oxygen atoms in total. The van der Waals surface area contributed by atoms with Gasteiger partial charge in [0.2, 0.25) is 0 Å². The summed E-state index contributed by atoms with van der Waals surface area (Å²) >= 11 is 0. The summed E-state index contributed by atoms with van der Waals surface area (Å²) in [5.74, 6) is -0.0746. The SMILES string of the molecule is C1CCC(N=C(NC2CCCCC2)N2CCOCC2)CC1.CC1(C)OC2[C@@H](O1)[C@@H](COP(=O)(O)N1CCOCC1)O[C@H]2n1cnc2c(N)ncnc21.CC1(C)OC2[C@@H](O1)[C@@H](COP(=O)(O)O)O[C@H]2n1cnc2c(N)ncnc21. The molecule has 2 saturated carbocycles. The zero-order chi connectivity index (χ0) is 54.8. The zero-order valence-electron chi connectivity index (χ0n) is 44.4. The smallest absolute Gasteiger partial charge is 0.382 e. The van der Waals surface area contributed by atoms with Crippen LogP contribution in [0.2, 0.25) is 0 Å². The number of hydrogen-bond acceptors (Lipinski definition) is 21. The molecule has 8 aliphatic rings. The van der Waals surface area contributed by atoms with E-state index in [1.54, 1.807) is 43.2 Å². The number of phosphoric acid groups is 1. The molecule has 9 atom stereocenters. The van der Waals surface area contributed by atoms with Crippen molar-refractivity contribution < 1.29 is 70.8 Å². The quantitative estimate of drug-likeness (QED) is 0.0713. The number of aliphatic imine (C=N–C) groups is 1. The molecule has 78 heavy (non-hydrogen) atoms. The summed E-state index contributed by atoms with van der Waals surface area (Å²) in [5.41, 5.74) is 13.5. The van der Waals surface area contributed by atoms with Gasteiger partial charge in [0, 0.05) is 32.2 Å². The van der Waals surface area contributed by atoms with Gasteiger partial charge in [0.05, 0.1) is 58.3 Å². The first-order valence-corrected chi connectivity index (χ1v) is 29.9. The van der Waals surface area contributed by atoms with Crippen molar-refractivity contribution in [3.8, 4) is 0 Å². The second-order valence-corrected chi connectivity index (χ2v) is 24.4. The van der Waals surface area contributed by atoms with E-state index in [1.807, 2.05) is 0 Å². The summed E-state index contributed by atoms with van der Waals surface area (Å²) in [6, 6.07) is 1.19. The Bertz CT molecular complexity index is 2780. The third kappa shape index (κ3) is 13.4. The molecule has 0 radical (unpaired) electrons. The van der Waals surface area contributed by atoms with Crippen molar-refractivity contribution in [3.05, 3.63) is 25.3 Å². The maximum atomic E-state index is 12.7. The van der Waals surface area contributed by atoms with Crippen LogP contribution in [0.3, 0.4) is 0 Å². The fourth-order valence-electron chi connectivity index (χ4n) is 11.2. The highest BCUT2D eigenvalue weighted by atomic mass is 31.2. The molecule has 12 rings (SSSR count). The number of morpholine rings is 2. The van der Waals surface area contributed by atoms with Gasteiger partial charge in [0.15, 0.2) is 52.9 Å². The van der Waals surface area contributed by atoms with Gasteiger partial charge in [0.1, 0.15) is 60.3 Å². The molecule has 6 aliphatic heterocycles. The Morgan fingerprint density at radius 1 is 0.654 bits per heavy atom. The topological polar surface area (TPSA) is 357 Å². The fourth-order valence-corrected chi connectivity index (χ4v) is 12.7. The summed E-state index contributed by atoms with van der Waals surface area (Å²) in [4.78, 5) is 60.7. The van der Waals surface area contributed by atoms with Crippen molar-refractivity contribution in [3.63, 3.8) is 0 Å². The summed E-state index contributed by atoms with van der Waals surface area (Å²) < 4.78 is 85.2. The van der Waals surface area contributed by atoms with E-state index in [0.717, 1.165) is 26.3 Å². The van der Waals surface area contributed by atoms with Gasteiger partial charge in [-0.25, -0.2) is 48.7 Å².